The maximum atomic E-state index is 12.7. The number of carboxylic acids is 1. The number of halogens is 1. The highest BCUT2D eigenvalue weighted by Crippen LogP contribution is 2.45. The van der Waals surface area contributed by atoms with Gasteiger partial charge in [0, 0.05) is 43.3 Å². The van der Waals surface area contributed by atoms with E-state index in [-0.39, 0.29) is 10.6 Å². The molecule has 7 rings (SSSR count). The Hall–Kier alpha value is -4.21. The average Bonchev–Trinajstić information content (AvgIpc) is 3.42. The second-order valence-corrected chi connectivity index (χ2v) is 14.8. The minimum Gasteiger partial charge on any atom is -0.479 e. The Kier molecular flexibility index (Phi) is 7.88. The van der Waals surface area contributed by atoms with Gasteiger partial charge in [0.1, 0.15) is 22.6 Å². The van der Waals surface area contributed by atoms with Crippen molar-refractivity contribution < 1.29 is 19.1 Å². The van der Waals surface area contributed by atoms with E-state index < -0.39 is 17.7 Å². The zero-order valence-corrected chi connectivity index (χ0v) is 28.3. The molecule has 5 heterocycles. The first-order chi connectivity index (χ1) is 22.4. The zero-order valence-electron chi connectivity index (χ0n) is 27.5. The smallest absolute Gasteiger partial charge is 0.337 e. The van der Waals surface area contributed by atoms with Crippen molar-refractivity contribution in [2.45, 2.75) is 72.1 Å². The van der Waals surface area contributed by atoms with Crippen LogP contribution in [0, 0.1) is 5.41 Å². The number of para-hydroxylation sites is 1. The molecule has 1 fully saturated rings. The quantitative estimate of drug-likeness (QED) is 0.181. The number of carboxylic acid groups (broad SMARTS) is 1. The van der Waals surface area contributed by atoms with E-state index in [4.69, 9.17) is 20.8 Å². The number of ether oxygens (including phenoxy) is 1. The van der Waals surface area contributed by atoms with Crippen LogP contribution in [0.3, 0.4) is 0 Å². The second-order valence-electron chi connectivity index (χ2n) is 14.5. The van der Waals surface area contributed by atoms with E-state index in [9.17, 15) is 9.90 Å². The van der Waals surface area contributed by atoms with Crippen LogP contribution in [0.2, 0.25) is 5.15 Å². The topological polar surface area (TPSA) is 105 Å². The summed E-state index contributed by atoms with van der Waals surface area (Å²) in [4.78, 5) is 31.0. The molecule has 0 unspecified atom stereocenters. The fourth-order valence-electron chi connectivity index (χ4n) is 6.84. The third kappa shape index (κ3) is 6.03. The summed E-state index contributed by atoms with van der Waals surface area (Å²) in [5.74, 6) is -0.297. The number of pyridine rings is 1. The Balaban J connectivity index is 1.28. The lowest BCUT2D eigenvalue weighted by atomic mass is 9.82. The van der Waals surface area contributed by atoms with Gasteiger partial charge in [-0.25, -0.2) is 19.7 Å². The molecule has 0 amide bonds. The third-order valence-corrected chi connectivity index (χ3v) is 9.70. The maximum absolute atomic E-state index is 12.7. The largest absolute Gasteiger partial charge is 0.479 e. The van der Waals surface area contributed by atoms with Crippen molar-refractivity contribution in [3.05, 3.63) is 76.8 Å². The number of benzene rings is 2. The van der Waals surface area contributed by atoms with Gasteiger partial charge in [-0.15, -0.1) is 0 Å². The molecule has 2 aliphatic heterocycles. The highest BCUT2D eigenvalue weighted by Gasteiger charge is 2.36. The van der Waals surface area contributed by atoms with Crippen LogP contribution in [0.1, 0.15) is 70.3 Å². The highest BCUT2D eigenvalue weighted by molar-refractivity contribution is 6.31. The zero-order chi connectivity index (χ0) is 33.1. The van der Waals surface area contributed by atoms with Crippen molar-refractivity contribution in [1.82, 2.24) is 15.0 Å². The molecule has 0 saturated carbocycles. The number of hydrogen-bond donors (Lipinski definition) is 1. The van der Waals surface area contributed by atoms with Gasteiger partial charge in [-0.05, 0) is 74.3 Å². The number of aliphatic carboxylic acids is 1. The molecule has 0 bridgehead atoms. The summed E-state index contributed by atoms with van der Waals surface area (Å²) in [6.07, 6.45) is 4.89. The average molecular weight is 654 g/mol. The monoisotopic (exact) mass is 653 g/mol. The van der Waals surface area contributed by atoms with Gasteiger partial charge < -0.3 is 24.1 Å². The van der Waals surface area contributed by atoms with E-state index in [1.165, 1.54) is 11.1 Å². The van der Waals surface area contributed by atoms with E-state index in [2.05, 4.69) is 56.8 Å². The number of aromatic nitrogens is 3. The van der Waals surface area contributed by atoms with Gasteiger partial charge in [0.15, 0.2) is 17.5 Å². The first-order valence-corrected chi connectivity index (χ1v) is 16.6. The Morgan fingerprint density at radius 1 is 1.02 bits per heavy atom. The molecular formula is C37H40ClN5O4. The number of fused-ring (bicyclic) bond motifs is 4. The number of furan rings is 1. The summed E-state index contributed by atoms with van der Waals surface area (Å²) < 4.78 is 12.4. The van der Waals surface area contributed by atoms with Gasteiger partial charge in [-0.2, -0.15) is 0 Å². The molecule has 5 aromatic rings. The number of nitrogens with zero attached hydrogens (tertiary/aromatic N) is 5. The van der Waals surface area contributed by atoms with Gasteiger partial charge in [0.05, 0.1) is 16.9 Å². The molecule has 1 atom stereocenters. The van der Waals surface area contributed by atoms with Crippen molar-refractivity contribution in [3.8, 4) is 11.1 Å². The number of hydrogen-bond acceptors (Lipinski definition) is 8. The van der Waals surface area contributed by atoms with Crippen LogP contribution in [-0.4, -0.2) is 51.3 Å². The van der Waals surface area contributed by atoms with Crippen LogP contribution in [0.4, 0.5) is 11.5 Å². The molecule has 47 heavy (non-hydrogen) atoms. The van der Waals surface area contributed by atoms with Gasteiger partial charge in [0.25, 0.3) is 0 Å². The predicted molar refractivity (Wildman–Crippen MR) is 185 cm³/mol. The summed E-state index contributed by atoms with van der Waals surface area (Å²) in [6, 6.07) is 14.4. The summed E-state index contributed by atoms with van der Waals surface area (Å²) in [6.45, 7) is 13.1. The molecule has 9 nitrogen and oxygen atoms in total. The minimum absolute atomic E-state index is 0.153. The fourth-order valence-corrected chi connectivity index (χ4v) is 7.08. The second kappa shape index (κ2) is 11.8. The molecule has 2 aliphatic rings. The first kappa shape index (κ1) is 31.4. The van der Waals surface area contributed by atoms with Crippen molar-refractivity contribution in [2.75, 3.05) is 29.4 Å². The standard InChI is InChI=1S/C37H40ClN5O4/c1-36(2,3)47-31(35(44)45)28-30(42-16-13-37(4,5)14-17-42)26(19-39-33(28)38)23-10-11-24-20-43(15-12-22(24)18-23)34-32-29(40-21-41-34)25-8-6-7-9-27(25)46-32/h6-11,18-19,21,31H,12-17,20H2,1-5H3,(H,44,45)/t31-/m0/s1. The van der Waals surface area contributed by atoms with Crippen molar-refractivity contribution >= 4 is 51.1 Å². The number of piperidine rings is 1. The summed E-state index contributed by atoms with van der Waals surface area (Å²) in [5.41, 5.74) is 7.29. The maximum Gasteiger partial charge on any atom is 0.337 e. The fraction of sp³-hybridized carbons (Fsp3) is 0.405. The van der Waals surface area contributed by atoms with Crippen molar-refractivity contribution in [2.24, 2.45) is 5.41 Å². The number of carbonyl (C=O) groups is 1. The third-order valence-electron chi connectivity index (χ3n) is 9.40. The van der Waals surface area contributed by atoms with Gasteiger partial charge in [-0.3, -0.25) is 0 Å². The molecule has 0 aliphatic carbocycles. The van der Waals surface area contributed by atoms with Crippen molar-refractivity contribution in [1.29, 1.82) is 0 Å². The van der Waals surface area contributed by atoms with E-state index in [0.29, 0.717) is 17.7 Å². The van der Waals surface area contributed by atoms with Gasteiger partial charge in [0.2, 0.25) is 0 Å². The molecule has 1 saturated heterocycles. The van der Waals surface area contributed by atoms with Crippen LogP contribution >= 0.6 is 11.6 Å². The first-order valence-electron chi connectivity index (χ1n) is 16.2. The molecule has 3 aromatic heterocycles. The Bertz CT molecular complexity index is 1990. The summed E-state index contributed by atoms with van der Waals surface area (Å²) in [5, 5.41) is 11.6. The number of anilines is 2. The molecule has 2 aromatic carbocycles. The lowest BCUT2D eigenvalue weighted by Crippen LogP contribution is -2.39. The van der Waals surface area contributed by atoms with Gasteiger partial charge in [-0.1, -0.05) is 55.8 Å². The lowest BCUT2D eigenvalue weighted by molar-refractivity contribution is -0.160. The predicted octanol–water partition coefficient (Wildman–Crippen LogP) is 8.22. The van der Waals surface area contributed by atoms with Crippen LogP contribution in [0.15, 0.2) is 59.4 Å². The molecule has 10 heteroatoms. The van der Waals surface area contributed by atoms with Crippen LogP contribution in [-0.2, 0) is 22.5 Å². The summed E-state index contributed by atoms with van der Waals surface area (Å²) in [7, 11) is 0. The van der Waals surface area contributed by atoms with Crippen molar-refractivity contribution in [3.63, 3.8) is 0 Å². The van der Waals surface area contributed by atoms with E-state index in [1.54, 1.807) is 12.5 Å². The highest BCUT2D eigenvalue weighted by atomic mass is 35.5. The Labute approximate surface area is 279 Å². The van der Waals surface area contributed by atoms with Crippen LogP contribution < -0.4 is 9.80 Å². The SMILES string of the molecule is CC1(C)CCN(c2c(-c3ccc4c(c3)CCN(c3ncnc5c3oc3ccccc35)C4)cnc(Cl)c2[C@H](OC(C)(C)C)C(=O)O)CC1. The Morgan fingerprint density at radius 2 is 1.79 bits per heavy atom. The van der Waals surface area contributed by atoms with E-state index in [1.807, 2.05) is 45.0 Å². The Morgan fingerprint density at radius 3 is 2.53 bits per heavy atom. The van der Waals surface area contributed by atoms with E-state index >= 15 is 0 Å². The summed E-state index contributed by atoms with van der Waals surface area (Å²) >= 11 is 6.78. The molecule has 244 valence electrons. The number of rotatable bonds is 6. The molecule has 1 N–H and O–H groups in total. The van der Waals surface area contributed by atoms with Crippen LogP contribution in [0.5, 0.6) is 0 Å². The van der Waals surface area contributed by atoms with Crippen LogP contribution in [0.25, 0.3) is 33.2 Å². The lowest BCUT2D eigenvalue weighted by Gasteiger charge is -2.40. The minimum atomic E-state index is -1.27. The molecule has 0 radical (unpaired) electrons. The molecular weight excluding hydrogens is 614 g/mol. The van der Waals surface area contributed by atoms with E-state index in [0.717, 1.165) is 78.0 Å². The molecule has 0 spiro atoms. The normalized spacial score (nSPS) is 17.2. The van der Waals surface area contributed by atoms with Gasteiger partial charge >= 0.3 is 5.97 Å².